The number of nitrogens with one attached hydrogen (secondary N) is 1. The molecule has 0 unspecified atom stereocenters. The van der Waals surface area contributed by atoms with Crippen molar-refractivity contribution in [3.05, 3.63) is 52.5 Å². The summed E-state index contributed by atoms with van der Waals surface area (Å²) in [7, 11) is 2.97. The van der Waals surface area contributed by atoms with Crippen molar-refractivity contribution < 1.29 is 14.3 Å². The number of carbonyl (C=O) groups is 1. The minimum Gasteiger partial charge on any atom is -0.493 e. The zero-order valence-electron chi connectivity index (χ0n) is 15.9. The molecule has 0 saturated carbocycles. The van der Waals surface area contributed by atoms with Gasteiger partial charge >= 0.3 is 0 Å². The Bertz CT molecular complexity index is 987. The maximum absolute atomic E-state index is 12.6. The molecule has 8 heteroatoms. The summed E-state index contributed by atoms with van der Waals surface area (Å²) in [4.78, 5) is 12.6. The Labute approximate surface area is 172 Å². The number of benzene rings is 2. The van der Waals surface area contributed by atoms with Crippen LogP contribution in [0.4, 0.5) is 5.13 Å². The van der Waals surface area contributed by atoms with Gasteiger partial charge in [-0.3, -0.25) is 10.1 Å². The third kappa shape index (κ3) is 4.26. The fourth-order valence-corrected chi connectivity index (χ4v) is 3.65. The number of hydrogen-bond donors (Lipinski definition) is 1. The van der Waals surface area contributed by atoms with Gasteiger partial charge in [0.2, 0.25) is 5.13 Å². The van der Waals surface area contributed by atoms with Gasteiger partial charge in [0.05, 0.1) is 19.2 Å². The summed E-state index contributed by atoms with van der Waals surface area (Å²) in [6.07, 6.45) is 0. The Balaban J connectivity index is 1.78. The molecule has 3 rings (SSSR count). The molecule has 1 heterocycles. The number of rotatable bonds is 6. The number of aromatic nitrogens is 2. The number of nitrogens with zero attached hydrogens (tertiary/aromatic N) is 2. The van der Waals surface area contributed by atoms with Gasteiger partial charge in [-0.15, -0.1) is 10.2 Å². The predicted octanol–water partition coefficient (Wildman–Crippen LogP) is 5.25. The number of hydrogen-bond acceptors (Lipinski definition) is 6. The highest BCUT2D eigenvalue weighted by atomic mass is 35.5. The highest BCUT2D eigenvalue weighted by Gasteiger charge is 2.17. The fourth-order valence-electron chi connectivity index (χ4n) is 2.62. The first-order valence-electron chi connectivity index (χ1n) is 8.59. The number of anilines is 1. The molecule has 2 aromatic carbocycles. The lowest BCUT2D eigenvalue weighted by Gasteiger charge is -2.11. The molecule has 0 atom stereocenters. The van der Waals surface area contributed by atoms with Crippen molar-refractivity contribution in [1.82, 2.24) is 10.2 Å². The minimum absolute atomic E-state index is 0.287. The summed E-state index contributed by atoms with van der Waals surface area (Å²) in [5, 5.41) is 12.4. The van der Waals surface area contributed by atoms with Crippen molar-refractivity contribution in [2.45, 2.75) is 19.8 Å². The first-order chi connectivity index (χ1) is 13.4. The van der Waals surface area contributed by atoms with Crippen LogP contribution in [0, 0.1) is 0 Å². The van der Waals surface area contributed by atoms with Crippen molar-refractivity contribution in [3.63, 3.8) is 0 Å². The molecule has 1 aromatic heterocycles. The molecule has 1 amide bonds. The van der Waals surface area contributed by atoms with Crippen LogP contribution in [0.1, 0.15) is 35.7 Å². The van der Waals surface area contributed by atoms with Crippen molar-refractivity contribution in [1.29, 1.82) is 0 Å². The quantitative estimate of drug-likeness (QED) is 0.592. The van der Waals surface area contributed by atoms with Crippen molar-refractivity contribution in [2.24, 2.45) is 0 Å². The molecule has 146 valence electrons. The zero-order valence-corrected chi connectivity index (χ0v) is 17.5. The van der Waals surface area contributed by atoms with Crippen LogP contribution in [0.5, 0.6) is 11.5 Å². The third-order valence-electron chi connectivity index (χ3n) is 4.17. The minimum atomic E-state index is -0.360. The number of methoxy groups -OCH3 is 2. The topological polar surface area (TPSA) is 73.3 Å². The van der Waals surface area contributed by atoms with E-state index in [1.54, 1.807) is 6.07 Å². The maximum atomic E-state index is 12.6. The van der Waals surface area contributed by atoms with Gasteiger partial charge in [0, 0.05) is 11.1 Å². The smallest absolute Gasteiger partial charge is 0.257 e. The molecule has 6 nitrogen and oxygen atoms in total. The van der Waals surface area contributed by atoms with E-state index in [2.05, 4.69) is 41.5 Å². The lowest BCUT2D eigenvalue weighted by Crippen LogP contribution is -2.12. The number of halogens is 1. The van der Waals surface area contributed by atoms with Gasteiger partial charge in [0.25, 0.3) is 5.91 Å². The van der Waals surface area contributed by atoms with Crippen LogP contribution in [-0.2, 0) is 0 Å². The molecule has 0 bridgehead atoms. The molecular weight excluding hydrogens is 398 g/mol. The third-order valence-corrected chi connectivity index (χ3v) is 5.33. The van der Waals surface area contributed by atoms with E-state index in [0.717, 1.165) is 10.6 Å². The van der Waals surface area contributed by atoms with E-state index in [0.29, 0.717) is 28.1 Å². The second-order valence-electron chi connectivity index (χ2n) is 6.34. The average Bonchev–Trinajstić information content (AvgIpc) is 3.15. The second-order valence-corrected chi connectivity index (χ2v) is 7.72. The number of amides is 1. The number of carbonyl (C=O) groups excluding carboxylic acids is 1. The van der Waals surface area contributed by atoms with Crippen LogP contribution in [0.15, 0.2) is 36.4 Å². The van der Waals surface area contributed by atoms with Gasteiger partial charge in [-0.1, -0.05) is 61.1 Å². The van der Waals surface area contributed by atoms with Gasteiger partial charge in [0.15, 0.2) is 11.5 Å². The average molecular weight is 418 g/mol. The van der Waals surface area contributed by atoms with E-state index < -0.39 is 0 Å². The Kier molecular flexibility index (Phi) is 6.16. The lowest BCUT2D eigenvalue weighted by molar-refractivity contribution is 0.102. The summed E-state index contributed by atoms with van der Waals surface area (Å²) in [6, 6.07) is 11.2. The summed E-state index contributed by atoms with van der Waals surface area (Å²) >= 11 is 7.47. The van der Waals surface area contributed by atoms with Crippen molar-refractivity contribution in [2.75, 3.05) is 19.5 Å². The Hall–Kier alpha value is -2.64. The van der Waals surface area contributed by atoms with Gasteiger partial charge in [0.1, 0.15) is 5.01 Å². The second kappa shape index (κ2) is 8.58. The van der Waals surface area contributed by atoms with Crippen molar-refractivity contribution in [3.8, 4) is 22.1 Å². The molecule has 0 fully saturated rings. The van der Waals surface area contributed by atoms with E-state index in [-0.39, 0.29) is 10.9 Å². The SMILES string of the molecule is COc1cc(C(=O)Nc2nnc(-c3ccc(C(C)C)cc3)s2)cc(Cl)c1OC. The standard InChI is InChI=1S/C20H20ClN3O3S/c1-11(2)12-5-7-13(8-6-12)19-23-24-20(28-19)22-18(25)14-9-15(21)17(27-4)16(10-14)26-3/h5-11H,1-4H3,(H,22,24,25). The van der Waals surface area contributed by atoms with Gasteiger partial charge in [-0.05, 0) is 23.6 Å². The Morgan fingerprint density at radius 2 is 1.82 bits per heavy atom. The number of ether oxygens (including phenoxy) is 2. The Morgan fingerprint density at radius 3 is 2.43 bits per heavy atom. The van der Waals surface area contributed by atoms with Crippen LogP contribution in [0.25, 0.3) is 10.6 Å². The molecule has 28 heavy (non-hydrogen) atoms. The van der Waals surface area contributed by atoms with Crippen LogP contribution in [-0.4, -0.2) is 30.3 Å². The maximum Gasteiger partial charge on any atom is 0.257 e. The van der Waals surface area contributed by atoms with E-state index >= 15 is 0 Å². The monoisotopic (exact) mass is 417 g/mol. The van der Waals surface area contributed by atoms with E-state index in [1.165, 1.54) is 37.2 Å². The zero-order chi connectivity index (χ0) is 20.3. The van der Waals surface area contributed by atoms with Crippen LogP contribution in [0.3, 0.4) is 0 Å². The fraction of sp³-hybridized carbons (Fsp3) is 0.250. The normalized spacial score (nSPS) is 10.8. The molecule has 0 aliphatic heterocycles. The van der Waals surface area contributed by atoms with Crippen LogP contribution >= 0.6 is 22.9 Å². The molecule has 1 N–H and O–H groups in total. The van der Waals surface area contributed by atoms with Gasteiger partial charge < -0.3 is 9.47 Å². The van der Waals surface area contributed by atoms with E-state index in [1.807, 2.05) is 12.1 Å². The van der Waals surface area contributed by atoms with Crippen LogP contribution in [0.2, 0.25) is 5.02 Å². The first kappa shape index (κ1) is 20.1. The molecule has 0 aliphatic rings. The van der Waals surface area contributed by atoms with Crippen LogP contribution < -0.4 is 14.8 Å². The van der Waals surface area contributed by atoms with Gasteiger partial charge in [-0.25, -0.2) is 0 Å². The van der Waals surface area contributed by atoms with E-state index in [9.17, 15) is 4.79 Å². The lowest BCUT2D eigenvalue weighted by atomic mass is 10.0. The summed E-state index contributed by atoms with van der Waals surface area (Å²) in [6.45, 7) is 4.29. The summed E-state index contributed by atoms with van der Waals surface area (Å²) < 4.78 is 10.4. The predicted molar refractivity (Wildman–Crippen MR) is 112 cm³/mol. The summed E-state index contributed by atoms with van der Waals surface area (Å²) in [5.74, 6) is 0.861. The molecular formula is C20H20ClN3O3S. The highest BCUT2D eigenvalue weighted by molar-refractivity contribution is 7.18. The molecule has 0 radical (unpaired) electrons. The largest absolute Gasteiger partial charge is 0.493 e. The molecule has 0 aliphatic carbocycles. The molecule has 0 spiro atoms. The molecule has 3 aromatic rings. The van der Waals surface area contributed by atoms with E-state index in [4.69, 9.17) is 21.1 Å². The Morgan fingerprint density at radius 1 is 1.11 bits per heavy atom. The molecule has 0 saturated heterocycles. The van der Waals surface area contributed by atoms with Crippen molar-refractivity contribution >= 4 is 34.0 Å². The summed E-state index contributed by atoms with van der Waals surface area (Å²) in [5.41, 5.74) is 2.55. The highest BCUT2D eigenvalue weighted by Crippen LogP contribution is 2.36. The van der Waals surface area contributed by atoms with Gasteiger partial charge in [-0.2, -0.15) is 0 Å². The first-order valence-corrected chi connectivity index (χ1v) is 9.79.